The Bertz CT molecular complexity index is 1080. The maximum absolute atomic E-state index is 11.3. The molecule has 0 atom stereocenters. The molecule has 4 N–H and O–H groups in total. The summed E-state index contributed by atoms with van der Waals surface area (Å²) < 4.78 is 16.8. The van der Waals surface area contributed by atoms with Crippen LogP contribution in [0.15, 0.2) is 85.5 Å². The number of hydrogen-bond donors (Lipinski definition) is 3. The molecule has 6 nitrogen and oxygen atoms in total. The van der Waals surface area contributed by atoms with Crippen molar-refractivity contribution in [2.75, 3.05) is 6.61 Å². The van der Waals surface area contributed by atoms with Crippen LogP contribution in [0, 0.1) is 0 Å². The topological polar surface area (TPSA) is 96.0 Å². The van der Waals surface area contributed by atoms with Gasteiger partial charge >= 0.3 is 7.60 Å². The van der Waals surface area contributed by atoms with Crippen molar-refractivity contribution in [3.8, 4) is 5.75 Å². The van der Waals surface area contributed by atoms with E-state index >= 15 is 0 Å². The lowest BCUT2D eigenvalue weighted by Crippen LogP contribution is -2.22. The third-order valence-electron chi connectivity index (χ3n) is 5.15. The molecule has 0 aliphatic rings. The summed E-state index contributed by atoms with van der Waals surface area (Å²) in [5.74, 6) is 0.807. The molecule has 0 radical (unpaired) electrons. The van der Waals surface area contributed by atoms with Gasteiger partial charge in [-0.2, -0.15) is 0 Å². The van der Waals surface area contributed by atoms with Crippen molar-refractivity contribution in [1.29, 1.82) is 0 Å². The molecule has 0 unspecified atom stereocenters. The average Bonchev–Trinajstić information content (AvgIpc) is 2.79. The van der Waals surface area contributed by atoms with Gasteiger partial charge in [0.15, 0.2) is 0 Å². The molecule has 0 aromatic heterocycles. The number of nitrogens with two attached hydrogens (primary N) is 1. The number of rotatable bonds is 12. The molecule has 0 saturated carbocycles. The van der Waals surface area contributed by atoms with Crippen LogP contribution in [-0.2, 0) is 36.9 Å². The monoisotopic (exact) mass is 466 g/mol. The Labute approximate surface area is 195 Å². The Balaban J connectivity index is 1.76. The van der Waals surface area contributed by atoms with E-state index in [1.165, 1.54) is 5.56 Å². The number of benzene rings is 3. The molecule has 3 aromatic carbocycles. The van der Waals surface area contributed by atoms with Crippen molar-refractivity contribution in [1.82, 2.24) is 4.90 Å². The Morgan fingerprint density at radius 3 is 1.97 bits per heavy atom. The molecule has 3 rings (SSSR count). The third kappa shape index (κ3) is 8.61. The fourth-order valence-electron chi connectivity index (χ4n) is 3.63. The second kappa shape index (κ2) is 11.9. The van der Waals surface area contributed by atoms with Gasteiger partial charge in [0.1, 0.15) is 12.4 Å². The van der Waals surface area contributed by atoms with Gasteiger partial charge in [0, 0.05) is 26.2 Å². The number of hydrogen-bond acceptors (Lipinski definition) is 4. The Kier molecular flexibility index (Phi) is 9.01. The molecule has 33 heavy (non-hydrogen) atoms. The lowest BCUT2D eigenvalue weighted by Gasteiger charge is -2.23. The van der Waals surface area contributed by atoms with Crippen LogP contribution in [-0.4, -0.2) is 21.3 Å². The summed E-state index contributed by atoms with van der Waals surface area (Å²) in [4.78, 5) is 20.7. The fraction of sp³-hybridized carbons (Fsp3) is 0.231. The predicted octanol–water partition coefficient (Wildman–Crippen LogP) is 4.59. The summed E-state index contributed by atoms with van der Waals surface area (Å²) in [5, 5.41) is 0. The number of nitrogens with zero attached hydrogens (tertiary/aromatic N) is 1. The normalized spacial score (nSPS) is 11.5. The van der Waals surface area contributed by atoms with Crippen molar-refractivity contribution < 1.29 is 19.1 Å². The summed E-state index contributed by atoms with van der Waals surface area (Å²) in [6.07, 6.45) is 1.47. The molecule has 0 bridgehead atoms. The molecule has 0 fully saturated rings. The highest BCUT2D eigenvalue weighted by Crippen LogP contribution is 2.39. The minimum atomic E-state index is -4.08. The van der Waals surface area contributed by atoms with Crippen LogP contribution in [0.2, 0.25) is 0 Å². The lowest BCUT2D eigenvalue weighted by molar-refractivity contribution is 0.247. The third-order valence-corrected chi connectivity index (χ3v) is 5.93. The average molecular weight is 467 g/mol. The minimum Gasteiger partial charge on any atom is -0.490 e. The highest BCUT2D eigenvalue weighted by molar-refractivity contribution is 7.50. The van der Waals surface area contributed by atoms with Gasteiger partial charge in [-0.3, -0.25) is 9.46 Å². The fourth-order valence-corrected chi connectivity index (χ4v) is 4.32. The number of ether oxygens (including phenoxy) is 1. The molecular formula is C26H31N2O4P. The van der Waals surface area contributed by atoms with E-state index in [9.17, 15) is 14.4 Å². The lowest BCUT2D eigenvalue weighted by atomic mass is 10.1. The smallest absolute Gasteiger partial charge is 0.329 e. The predicted molar refractivity (Wildman–Crippen MR) is 132 cm³/mol. The zero-order chi connectivity index (χ0) is 23.7. The van der Waals surface area contributed by atoms with Gasteiger partial charge in [-0.15, -0.1) is 0 Å². The molecule has 0 aliphatic carbocycles. The zero-order valence-corrected chi connectivity index (χ0v) is 19.5. The highest BCUT2D eigenvalue weighted by Gasteiger charge is 2.14. The molecule has 7 heteroatoms. The second-order valence-electron chi connectivity index (χ2n) is 8.05. The van der Waals surface area contributed by atoms with Crippen LogP contribution >= 0.6 is 7.60 Å². The van der Waals surface area contributed by atoms with Crippen molar-refractivity contribution in [2.45, 2.75) is 32.3 Å². The van der Waals surface area contributed by atoms with E-state index in [1.807, 2.05) is 36.4 Å². The van der Waals surface area contributed by atoms with Crippen LogP contribution < -0.4 is 10.5 Å². The van der Waals surface area contributed by atoms with Gasteiger partial charge in [0.25, 0.3) is 0 Å². The Hall–Kier alpha value is -2.73. The van der Waals surface area contributed by atoms with E-state index in [2.05, 4.69) is 35.7 Å². The molecule has 174 valence electrons. The molecule has 0 heterocycles. The first-order chi connectivity index (χ1) is 15.8. The van der Waals surface area contributed by atoms with E-state index < -0.39 is 7.60 Å². The van der Waals surface area contributed by atoms with Crippen LogP contribution in [0.5, 0.6) is 5.75 Å². The van der Waals surface area contributed by atoms with E-state index in [0.29, 0.717) is 25.3 Å². The summed E-state index contributed by atoms with van der Waals surface area (Å²) in [6.45, 7) is 6.81. The van der Waals surface area contributed by atoms with E-state index in [0.717, 1.165) is 35.5 Å². The molecule has 0 spiro atoms. The van der Waals surface area contributed by atoms with Gasteiger partial charge in [0.2, 0.25) is 0 Å². The standard InChI is InChI=1S/C26H31N2O4P/c1-2-14-32-26-12-10-22(11-13-26)18-28(19-25-5-3-4-24(15-25)16-27)17-21-6-8-23(9-7-21)20-33(29,30)31/h2-13,15H,1,14,16-20,27H2,(H2,29,30,31). The van der Waals surface area contributed by atoms with Crippen LogP contribution in [0.25, 0.3) is 0 Å². The van der Waals surface area contributed by atoms with E-state index in [1.54, 1.807) is 18.2 Å². The van der Waals surface area contributed by atoms with Gasteiger partial charge in [-0.05, 0) is 39.9 Å². The quantitative estimate of drug-likeness (QED) is 0.267. The van der Waals surface area contributed by atoms with E-state index in [4.69, 9.17) is 10.5 Å². The maximum Gasteiger partial charge on any atom is 0.329 e. The van der Waals surface area contributed by atoms with Crippen molar-refractivity contribution >= 4 is 7.60 Å². The summed E-state index contributed by atoms with van der Waals surface area (Å²) in [7, 11) is -4.08. The van der Waals surface area contributed by atoms with Crippen LogP contribution in [0.1, 0.15) is 27.8 Å². The van der Waals surface area contributed by atoms with Crippen molar-refractivity contribution in [3.05, 3.63) is 113 Å². The molecule has 0 aliphatic heterocycles. The van der Waals surface area contributed by atoms with Gasteiger partial charge in [0.05, 0.1) is 6.16 Å². The molecular weight excluding hydrogens is 435 g/mol. The van der Waals surface area contributed by atoms with Crippen LogP contribution in [0.4, 0.5) is 0 Å². The Morgan fingerprint density at radius 1 is 0.848 bits per heavy atom. The first-order valence-corrected chi connectivity index (χ1v) is 12.6. The largest absolute Gasteiger partial charge is 0.490 e. The first kappa shape index (κ1) is 24.9. The molecule has 3 aromatic rings. The van der Waals surface area contributed by atoms with Crippen molar-refractivity contribution in [2.24, 2.45) is 5.73 Å². The Morgan fingerprint density at radius 2 is 1.39 bits per heavy atom. The SMILES string of the molecule is C=CCOc1ccc(CN(Cc2ccc(CP(=O)(O)O)cc2)Cc2cccc(CN)c2)cc1. The second-order valence-corrected chi connectivity index (χ2v) is 9.70. The maximum atomic E-state index is 11.3. The van der Waals surface area contributed by atoms with Gasteiger partial charge in [-0.25, -0.2) is 0 Å². The van der Waals surface area contributed by atoms with Crippen molar-refractivity contribution in [3.63, 3.8) is 0 Å². The van der Waals surface area contributed by atoms with Crippen LogP contribution in [0.3, 0.4) is 0 Å². The summed E-state index contributed by atoms with van der Waals surface area (Å²) >= 11 is 0. The van der Waals surface area contributed by atoms with E-state index in [-0.39, 0.29) is 6.16 Å². The molecule has 0 saturated heterocycles. The minimum absolute atomic E-state index is 0.247. The van der Waals surface area contributed by atoms with Gasteiger partial charge < -0.3 is 20.3 Å². The summed E-state index contributed by atoms with van der Waals surface area (Å²) in [5.41, 5.74) is 11.0. The summed E-state index contributed by atoms with van der Waals surface area (Å²) in [6, 6.07) is 23.8. The zero-order valence-electron chi connectivity index (χ0n) is 18.6. The molecule has 0 amide bonds. The first-order valence-electron chi connectivity index (χ1n) is 10.8. The highest BCUT2D eigenvalue weighted by atomic mass is 31.2. The van der Waals surface area contributed by atoms with Gasteiger partial charge in [-0.1, -0.05) is 73.3 Å².